The first kappa shape index (κ1) is 18.2. The van der Waals surface area contributed by atoms with Crippen LogP contribution in [0.4, 0.5) is 13.2 Å². The van der Waals surface area contributed by atoms with Gasteiger partial charge in [-0.25, -0.2) is 0 Å². The average molecular weight is 408 g/mol. The molecule has 1 aliphatic carbocycles. The Hall–Kier alpha value is -3.14. The molecule has 0 aromatic heterocycles. The van der Waals surface area contributed by atoms with Gasteiger partial charge in [-0.1, -0.05) is 24.3 Å². The number of halogens is 3. The first-order valence-corrected chi connectivity index (χ1v) is 9.38. The number of rotatable bonds is 3. The highest BCUT2D eigenvalue weighted by atomic mass is 32.2. The molecule has 10 heteroatoms. The van der Waals surface area contributed by atoms with Crippen LogP contribution in [-0.4, -0.2) is 33.3 Å². The Kier molecular flexibility index (Phi) is 3.86. The molecule has 0 spiro atoms. The minimum Gasteiger partial charge on any atom is -0.406 e. The second-order valence-electron chi connectivity index (χ2n) is 6.00. The number of allylic oxidation sites excluding steroid dienone is 2. The second-order valence-corrected chi connectivity index (χ2v) is 7.57. The summed E-state index contributed by atoms with van der Waals surface area (Å²) >= 11 is 0. The fraction of sp³-hybridized carbons (Fsp3) is 0.111. The molecule has 2 aromatic carbocycles. The van der Waals surface area contributed by atoms with Crippen molar-refractivity contribution in [1.29, 1.82) is 0 Å². The molecule has 2 aromatic rings. The van der Waals surface area contributed by atoms with E-state index in [1.807, 2.05) is 0 Å². The third-order valence-corrected chi connectivity index (χ3v) is 5.64. The molecule has 0 unspecified atom stereocenters. The van der Waals surface area contributed by atoms with Crippen molar-refractivity contribution in [2.24, 2.45) is 4.40 Å². The molecule has 1 heterocycles. The summed E-state index contributed by atoms with van der Waals surface area (Å²) in [5.41, 5.74) is 0.622. The predicted octanol–water partition coefficient (Wildman–Crippen LogP) is 2.90. The lowest BCUT2D eigenvalue weighted by molar-refractivity contribution is -0.274. The number of hydrogen-bond acceptors (Lipinski definition) is 5. The lowest BCUT2D eigenvalue weighted by atomic mass is 9.83. The van der Waals surface area contributed by atoms with Crippen molar-refractivity contribution in [3.8, 4) is 5.75 Å². The molecule has 4 rings (SSSR count). The largest absolute Gasteiger partial charge is 0.573 e. The summed E-state index contributed by atoms with van der Waals surface area (Å²) < 4.78 is 70.3. The Balaban J connectivity index is 1.97. The minimum absolute atomic E-state index is 0.0127. The molecule has 6 nitrogen and oxygen atoms in total. The molecule has 0 fully saturated rings. The number of ether oxygens (including phenoxy) is 1. The third kappa shape index (κ3) is 2.76. The van der Waals surface area contributed by atoms with Gasteiger partial charge in [0.05, 0.1) is 16.3 Å². The van der Waals surface area contributed by atoms with E-state index in [4.69, 9.17) is 0 Å². The zero-order chi connectivity index (χ0) is 20.3. The van der Waals surface area contributed by atoms with E-state index >= 15 is 0 Å². The molecule has 0 bridgehead atoms. The number of nitrogens with one attached hydrogen (secondary N) is 1. The van der Waals surface area contributed by atoms with E-state index in [0.29, 0.717) is 0 Å². The summed E-state index contributed by atoms with van der Waals surface area (Å²) in [6, 6.07) is 9.20. The lowest BCUT2D eigenvalue weighted by Gasteiger charge is -2.22. The summed E-state index contributed by atoms with van der Waals surface area (Å²) in [5, 5.41) is 2.72. The zero-order valence-corrected chi connectivity index (χ0v) is 15.0. The van der Waals surface area contributed by atoms with E-state index in [0.717, 1.165) is 12.1 Å². The molecule has 144 valence electrons. The van der Waals surface area contributed by atoms with Gasteiger partial charge in [0, 0.05) is 23.7 Å². The summed E-state index contributed by atoms with van der Waals surface area (Å²) in [5.74, 6) is -0.978. The van der Waals surface area contributed by atoms with Crippen LogP contribution >= 0.6 is 0 Å². The zero-order valence-electron chi connectivity index (χ0n) is 14.2. The van der Waals surface area contributed by atoms with Gasteiger partial charge in [-0.3, -0.25) is 4.79 Å². The number of nitrogens with zero attached hydrogens (tertiary/aromatic N) is 1. The monoisotopic (exact) mass is 408 g/mol. The van der Waals surface area contributed by atoms with Gasteiger partial charge in [-0.05, 0) is 23.8 Å². The summed E-state index contributed by atoms with van der Waals surface area (Å²) in [6.07, 6.45) is -4.89. The van der Waals surface area contributed by atoms with Gasteiger partial charge >= 0.3 is 6.36 Å². The minimum atomic E-state index is -4.89. The van der Waals surface area contributed by atoms with E-state index in [9.17, 15) is 26.4 Å². The molecule has 1 aliphatic heterocycles. The molecule has 0 saturated heterocycles. The maximum absolute atomic E-state index is 12.9. The number of benzene rings is 2. The van der Waals surface area contributed by atoms with Crippen LogP contribution in [0.25, 0.3) is 5.57 Å². The SMILES string of the molecule is CNC1=C(c2cccc(OC(F)(F)F)c2)C2=NS(=O)(=O)c3cccc(c32)C1=O. The van der Waals surface area contributed by atoms with Crippen LogP contribution in [0.1, 0.15) is 21.5 Å². The Labute approximate surface area is 157 Å². The van der Waals surface area contributed by atoms with Crippen LogP contribution < -0.4 is 10.1 Å². The quantitative estimate of drug-likeness (QED) is 0.844. The highest BCUT2D eigenvalue weighted by Gasteiger charge is 2.40. The van der Waals surface area contributed by atoms with Crippen LogP contribution in [0, 0.1) is 0 Å². The van der Waals surface area contributed by atoms with E-state index in [-0.39, 0.29) is 38.6 Å². The standard InChI is InChI=1S/C18H11F3N2O4S/c1-22-16-13(9-4-2-5-10(8-9)27-18(19,20)21)15-14-11(17(16)24)6-3-7-12(14)28(25,26)23-15/h2-8,22H,1H3. The highest BCUT2D eigenvalue weighted by Crippen LogP contribution is 2.40. The van der Waals surface area contributed by atoms with Crippen LogP contribution in [0.2, 0.25) is 0 Å². The van der Waals surface area contributed by atoms with Gasteiger partial charge < -0.3 is 10.1 Å². The fourth-order valence-corrected chi connectivity index (χ4v) is 4.54. The molecular formula is C18H11F3N2O4S. The molecule has 0 atom stereocenters. The normalized spacial score (nSPS) is 17.3. The van der Waals surface area contributed by atoms with Crippen molar-refractivity contribution in [2.75, 3.05) is 7.05 Å². The number of alkyl halides is 3. The van der Waals surface area contributed by atoms with Crippen molar-refractivity contribution in [3.63, 3.8) is 0 Å². The van der Waals surface area contributed by atoms with Crippen molar-refractivity contribution >= 4 is 27.1 Å². The Morgan fingerprint density at radius 2 is 1.82 bits per heavy atom. The molecular weight excluding hydrogens is 397 g/mol. The van der Waals surface area contributed by atoms with Crippen LogP contribution in [0.3, 0.4) is 0 Å². The van der Waals surface area contributed by atoms with Crippen LogP contribution in [0.15, 0.2) is 57.5 Å². The first-order valence-electron chi connectivity index (χ1n) is 7.94. The maximum atomic E-state index is 12.9. The summed E-state index contributed by atoms with van der Waals surface area (Å²) in [4.78, 5) is 12.8. The highest BCUT2D eigenvalue weighted by molar-refractivity contribution is 7.90. The number of Topliss-reactive ketones (excluding diaryl/α,β-unsaturated/α-hetero) is 1. The van der Waals surface area contributed by atoms with Gasteiger partial charge in [0.15, 0.2) is 0 Å². The van der Waals surface area contributed by atoms with Crippen molar-refractivity contribution in [3.05, 3.63) is 64.9 Å². The molecule has 1 N–H and O–H groups in total. The number of carbonyl (C=O) groups is 1. The third-order valence-electron chi connectivity index (χ3n) is 4.32. The molecule has 0 saturated carbocycles. The van der Waals surface area contributed by atoms with E-state index < -0.39 is 27.9 Å². The summed E-state index contributed by atoms with van der Waals surface area (Å²) in [6.45, 7) is 0. The van der Waals surface area contributed by atoms with Crippen LogP contribution in [-0.2, 0) is 10.0 Å². The van der Waals surface area contributed by atoms with Gasteiger partial charge in [-0.2, -0.15) is 12.8 Å². The topological polar surface area (TPSA) is 84.8 Å². The van der Waals surface area contributed by atoms with Crippen molar-refractivity contribution in [2.45, 2.75) is 11.3 Å². The fourth-order valence-electron chi connectivity index (χ4n) is 3.30. The maximum Gasteiger partial charge on any atom is 0.573 e. The molecule has 28 heavy (non-hydrogen) atoms. The van der Waals surface area contributed by atoms with Gasteiger partial charge in [0.25, 0.3) is 10.0 Å². The van der Waals surface area contributed by atoms with Gasteiger partial charge in [0.1, 0.15) is 5.75 Å². The van der Waals surface area contributed by atoms with Crippen molar-refractivity contribution < 1.29 is 31.1 Å². The van der Waals surface area contributed by atoms with Crippen LogP contribution in [0.5, 0.6) is 5.75 Å². The predicted molar refractivity (Wildman–Crippen MR) is 93.6 cm³/mol. The number of hydrogen-bond donors (Lipinski definition) is 1. The average Bonchev–Trinajstić information content (AvgIpc) is 2.88. The Morgan fingerprint density at radius 1 is 1.11 bits per heavy atom. The number of likely N-dealkylation sites (N-methyl/N-ethyl adjacent to an activating group) is 1. The van der Waals surface area contributed by atoms with Gasteiger partial charge in [-0.15, -0.1) is 13.2 Å². The van der Waals surface area contributed by atoms with E-state index in [2.05, 4.69) is 14.5 Å². The Morgan fingerprint density at radius 3 is 2.50 bits per heavy atom. The molecule has 0 amide bonds. The molecule has 2 aliphatic rings. The molecule has 0 radical (unpaired) electrons. The lowest BCUT2D eigenvalue weighted by Crippen LogP contribution is -2.27. The first-order chi connectivity index (χ1) is 13.1. The number of ketones is 1. The number of sulfonamides is 1. The van der Waals surface area contributed by atoms with E-state index in [1.54, 1.807) is 0 Å². The summed E-state index contributed by atoms with van der Waals surface area (Å²) in [7, 11) is -2.56. The smallest absolute Gasteiger partial charge is 0.406 e. The second kappa shape index (κ2) is 5.93. The van der Waals surface area contributed by atoms with E-state index in [1.165, 1.54) is 37.4 Å². The Bertz CT molecular complexity index is 1200. The van der Waals surface area contributed by atoms with Gasteiger partial charge in [0.2, 0.25) is 5.78 Å². The van der Waals surface area contributed by atoms with Crippen molar-refractivity contribution in [1.82, 2.24) is 5.32 Å². The number of carbonyl (C=O) groups excluding carboxylic acids is 1.